The third kappa shape index (κ3) is 5.30. The molecule has 0 aliphatic carbocycles. The predicted molar refractivity (Wildman–Crippen MR) is 117 cm³/mol. The Labute approximate surface area is 177 Å². The summed E-state index contributed by atoms with van der Waals surface area (Å²) in [5, 5.41) is 6.15. The molecule has 0 saturated carbocycles. The summed E-state index contributed by atoms with van der Waals surface area (Å²) >= 11 is 0. The zero-order chi connectivity index (χ0) is 21.5. The van der Waals surface area contributed by atoms with E-state index < -0.39 is 0 Å². The third-order valence-corrected chi connectivity index (χ3v) is 4.67. The second-order valence-corrected chi connectivity index (χ2v) is 7.19. The molecule has 2 aromatic carbocycles. The summed E-state index contributed by atoms with van der Waals surface area (Å²) in [6, 6.07) is 12.7. The minimum Gasteiger partial charge on any atom is -0.493 e. The fourth-order valence-corrected chi connectivity index (χ4v) is 3.19. The maximum absolute atomic E-state index is 12.9. The quantitative estimate of drug-likeness (QED) is 0.719. The van der Waals surface area contributed by atoms with E-state index in [0.717, 1.165) is 24.1 Å². The molecular formula is C23H29N3O4. The van der Waals surface area contributed by atoms with E-state index in [1.54, 1.807) is 31.4 Å². The molecule has 1 heterocycles. The topological polar surface area (TPSA) is 86.4 Å². The van der Waals surface area contributed by atoms with Crippen molar-refractivity contribution < 1.29 is 19.0 Å². The number of hydrogen-bond acceptors (Lipinski definition) is 6. The molecule has 7 nitrogen and oxygen atoms in total. The first-order valence-corrected chi connectivity index (χ1v) is 10.2. The van der Waals surface area contributed by atoms with Gasteiger partial charge in [-0.1, -0.05) is 0 Å². The number of methoxy groups -OCH3 is 1. The first-order valence-electron chi connectivity index (χ1n) is 10.2. The fraction of sp³-hybridized carbons (Fsp3) is 0.391. The molecule has 1 aliphatic rings. The van der Waals surface area contributed by atoms with E-state index in [1.165, 1.54) is 5.01 Å². The van der Waals surface area contributed by atoms with Crippen LogP contribution >= 0.6 is 0 Å². The lowest BCUT2D eigenvalue weighted by atomic mass is 10.0. The van der Waals surface area contributed by atoms with Gasteiger partial charge in [-0.25, -0.2) is 5.01 Å². The minimum absolute atomic E-state index is 0.0476. The van der Waals surface area contributed by atoms with Crippen LogP contribution in [0.4, 0.5) is 0 Å². The molecule has 0 saturated heterocycles. The third-order valence-electron chi connectivity index (χ3n) is 4.67. The van der Waals surface area contributed by atoms with E-state index in [4.69, 9.17) is 19.9 Å². The molecule has 1 unspecified atom stereocenters. The van der Waals surface area contributed by atoms with Crippen molar-refractivity contribution in [2.45, 2.75) is 32.7 Å². The lowest BCUT2D eigenvalue weighted by Gasteiger charge is -2.24. The van der Waals surface area contributed by atoms with E-state index in [1.807, 2.05) is 32.0 Å². The van der Waals surface area contributed by atoms with E-state index >= 15 is 0 Å². The van der Waals surface area contributed by atoms with Crippen LogP contribution in [0.5, 0.6) is 17.2 Å². The molecule has 0 aromatic heterocycles. The number of hydrazone groups is 1. The zero-order valence-corrected chi connectivity index (χ0v) is 17.8. The molecule has 0 radical (unpaired) electrons. The molecule has 2 aromatic rings. The number of ether oxygens (including phenoxy) is 3. The Morgan fingerprint density at radius 1 is 1.17 bits per heavy atom. The van der Waals surface area contributed by atoms with Crippen LogP contribution < -0.4 is 19.9 Å². The number of nitrogens with two attached hydrogens (primary N) is 1. The highest BCUT2D eigenvalue weighted by molar-refractivity contribution is 6.03. The van der Waals surface area contributed by atoms with Crippen molar-refractivity contribution in [3.63, 3.8) is 0 Å². The van der Waals surface area contributed by atoms with Crippen molar-refractivity contribution in [1.82, 2.24) is 5.01 Å². The van der Waals surface area contributed by atoms with Crippen molar-refractivity contribution in [2.75, 3.05) is 26.9 Å². The number of hydrogen-bond donors (Lipinski definition) is 1. The number of nitrogens with zero attached hydrogens (tertiary/aromatic N) is 2. The maximum atomic E-state index is 12.9. The molecule has 7 heteroatoms. The second kappa shape index (κ2) is 10.1. The number of amides is 1. The Kier molecular flexibility index (Phi) is 7.30. The average Bonchev–Trinajstić information content (AvgIpc) is 2.78. The van der Waals surface area contributed by atoms with Crippen LogP contribution in [0.25, 0.3) is 0 Å². The van der Waals surface area contributed by atoms with Crippen LogP contribution in [0.2, 0.25) is 0 Å². The van der Waals surface area contributed by atoms with E-state index in [-0.39, 0.29) is 11.9 Å². The molecule has 1 atom stereocenters. The molecule has 1 amide bonds. The van der Waals surface area contributed by atoms with Crippen LogP contribution in [-0.2, 0) is 0 Å². The monoisotopic (exact) mass is 411 g/mol. The van der Waals surface area contributed by atoms with Crippen LogP contribution in [-0.4, -0.2) is 49.5 Å². The Morgan fingerprint density at radius 3 is 2.60 bits per heavy atom. The molecule has 1 aliphatic heterocycles. The Hall–Kier alpha value is -3.06. The summed E-state index contributed by atoms with van der Waals surface area (Å²) in [5.41, 5.74) is 8.06. The molecule has 0 bridgehead atoms. The smallest absolute Gasteiger partial charge is 0.273 e. The van der Waals surface area contributed by atoms with Gasteiger partial charge in [0.05, 0.1) is 19.4 Å². The van der Waals surface area contributed by atoms with E-state index in [2.05, 4.69) is 5.10 Å². The zero-order valence-electron chi connectivity index (χ0n) is 17.8. The first kappa shape index (κ1) is 21.6. The van der Waals surface area contributed by atoms with Crippen LogP contribution in [0.3, 0.4) is 0 Å². The van der Waals surface area contributed by atoms with Gasteiger partial charge in [0.25, 0.3) is 5.91 Å². The highest BCUT2D eigenvalue weighted by Gasteiger charge is 2.21. The normalized spacial score (nSPS) is 14.7. The Bertz CT molecular complexity index is 894. The van der Waals surface area contributed by atoms with Crippen LogP contribution in [0, 0.1) is 0 Å². The maximum Gasteiger partial charge on any atom is 0.273 e. The van der Waals surface area contributed by atoms with Gasteiger partial charge in [0.2, 0.25) is 0 Å². The molecule has 2 N–H and O–H groups in total. The first-order chi connectivity index (χ1) is 14.5. The van der Waals surface area contributed by atoms with Gasteiger partial charge in [-0.05, 0) is 69.2 Å². The standard InChI is InChI=1S/C23H29N3O4/c1-4-29-22-14-18(9-12-21(22)28-3)20-6-5-13-26(25-20)23(27)17-7-10-19(11-8-17)30-15-16(2)24/h7-12,14,16H,4-6,13,15,24H2,1-3H3. The number of carbonyl (C=O) groups excluding carboxylic acids is 1. The summed E-state index contributed by atoms with van der Waals surface area (Å²) in [6.45, 7) is 5.36. The largest absolute Gasteiger partial charge is 0.493 e. The van der Waals surface area contributed by atoms with Crippen molar-refractivity contribution >= 4 is 11.6 Å². The van der Waals surface area contributed by atoms with E-state index in [9.17, 15) is 4.79 Å². The van der Waals surface area contributed by atoms with Crippen molar-refractivity contribution in [3.05, 3.63) is 53.6 Å². The highest BCUT2D eigenvalue weighted by Crippen LogP contribution is 2.29. The summed E-state index contributed by atoms with van der Waals surface area (Å²) in [6.07, 6.45) is 1.64. The fourth-order valence-electron chi connectivity index (χ4n) is 3.19. The number of benzene rings is 2. The van der Waals surface area contributed by atoms with Crippen LogP contribution in [0.15, 0.2) is 47.6 Å². The van der Waals surface area contributed by atoms with Gasteiger partial charge >= 0.3 is 0 Å². The van der Waals surface area contributed by atoms with Gasteiger partial charge in [0.1, 0.15) is 12.4 Å². The van der Waals surface area contributed by atoms with Crippen molar-refractivity contribution in [1.29, 1.82) is 0 Å². The SMILES string of the molecule is CCOc1cc(C2=NN(C(=O)c3ccc(OCC(C)N)cc3)CCC2)ccc1OC. The summed E-state index contributed by atoms with van der Waals surface area (Å²) < 4.78 is 16.6. The van der Waals surface area contributed by atoms with Gasteiger partial charge in [0, 0.05) is 23.7 Å². The molecular weight excluding hydrogens is 382 g/mol. The van der Waals surface area contributed by atoms with E-state index in [0.29, 0.717) is 42.6 Å². The Balaban J connectivity index is 1.76. The molecule has 160 valence electrons. The van der Waals surface area contributed by atoms with Gasteiger partial charge in [-0.3, -0.25) is 4.79 Å². The van der Waals surface area contributed by atoms with Crippen molar-refractivity contribution in [3.8, 4) is 17.2 Å². The average molecular weight is 412 g/mol. The summed E-state index contributed by atoms with van der Waals surface area (Å²) in [5.74, 6) is 1.90. The summed E-state index contributed by atoms with van der Waals surface area (Å²) in [4.78, 5) is 12.9. The van der Waals surface area contributed by atoms with Gasteiger partial charge in [-0.2, -0.15) is 5.10 Å². The Morgan fingerprint density at radius 2 is 1.93 bits per heavy atom. The predicted octanol–water partition coefficient (Wildman–Crippen LogP) is 3.46. The molecule has 3 rings (SSSR count). The van der Waals surface area contributed by atoms with Gasteiger partial charge in [-0.15, -0.1) is 0 Å². The summed E-state index contributed by atoms with van der Waals surface area (Å²) in [7, 11) is 1.61. The van der Waals surface area contributed by atoms with Crippen molar-refractivity contribution in [2.24, 2.45) is 10.8 Å². The lowest BCUT2D eigenvalue weighted by molar-refractivity contribution is 0.0751. The van der Waals surface area contributed by atoms with Gasteiger partial charge < -0.3 is 19.9 Å². The molecule has 0 spiro atoms. The second-order valence-electron chi connectivity index (χ2n) is 7.19. The number of rotatable bonds is 8. The minimum atomic E-state index is -0.135. The molecule has 0 fully saturated rings. The van der Waals surface area contributed by atoms with Crippen LogP contribution in [0.1, 0.15) is 42.6 Å². The highest BCUT2D eigenvalue weighted by atomic mass is 16.5. The lowest BCUT2D eigenvalue weighted by Crippen LogP contribution is -2.32. The molecule has 30 heavy (non-hydrogen) atoms. The van der Waals surface area contributed by atoms with Gasteiger partial charge in [0.15, 0.2) is 11.5 Å². The number of carbonyl (C=O) groups is 1.